The Morgan fingerprint density at radius 2 is 1.94 bits per heavy atom. The summed E-state index contributed by atoms with van der Waals surface area (Å²) in [6.07, 6.45) is 0. The van der Waals surface area contributed by atoms with Gasteiger partial charge in [-0.25, -0.2) is 13.6 Å². The number of anilines is 2. The molecule has 0 radical (unpaired) electrons. The molecule has 0 bridgehead atoms. The van der Waals surface area contributed by atoms with Crippen molar-refractivity contribution in [3.8, 4) is 0 Å². The van der Waals surface area contributed by atoms with Crippen LogP contribution in [0.15, 0.2) is 39.8 Å². The van der Waals surface area contributed by atoms with Crippen molar-refractivity contribution in [1.82, 2.24) is 5.16 Å². The van der Waals surface area contributed by atoms with Crippen LogP contribution in [0.2, 0.25) is 0 Å². The van der Waals surface area contributed by atoms with Gasteiger partial charge in [-0.1, -0.05) is 5.16 Å². The molecule has 0 aliphatic rings. The third kappa shape index (κ3) is 2.83. The number of nitrogens with two attached hydrogens (primary N) is 1. The van der Waals surface area contributed by atoms with Crippen LogP contribution in [-0.2, 0) is 10.0 Å². The molecule has 6 nitrogen and oxygen atoms in total. The SMILES string of the molecule is Cc1cc(Nc2ccc(S(N)(=O)=O)cc2)no1. The summed E-state index contributed by atoms with van der Waals surface area (Å²) in [4.78, 5) is 0.0689. The van der Waals surface area contributed by atoms with Crippen LogP contribution in [0.4, 0.5) is 11.5 Å². The smallest absolute Gasteiger partial charge is 0.238 e. The van der Waals surface area contributed by atoms with Gasteiger partial charge < -0.3 is 9.84 Å². The van der Waals surface area contributed by atoms with Crippen molar-refractivity contribution in [2.24, 2.45) is 5.14 Å². The zero-order chi connectivity index (χ0) is 12.5. The molecule has 0 unspecified atom stereocenters. The van der Waals surface area contributed by atoms with Gasteiger partial charge in [0.2, 0.25) is 10.0 Å². The lowest BCUT2D eigenvalue weighted by Gasteiger charge is -2.02. The Kier molecular flexibility index (Phi) is 2.86. The van der Waals surface area contributed by atoms with Gasteiger partial charge in [0.15, 0.2) is 5.82 Å². The first-order chi connectivity index (χ1) is 7.95. The quantitative estimate of drug-likeness (QED) is 0.860. The predicted octanol–water partition coefficient (Wildman–Crippen LogP) is 1.37. The molecule has 0 saturated carbocycles. The standard InChI is InChI=1S/C10H11N3O3S/c1-7-6-10(13-16-7)12-8-2-4-9(5-3-8)17(11,14)15/h2-6H,1H3,(H,12,13)(H2,11,14,15). The summed E-state index contributed by atoms with van der Waals surface area (Å²) in [5.74, 6) is 1.25. The molecule has 3 N–H and O–H groups in total. The monoisotopic (exact) mass is 253 g/mol. The van der Waals surface area contributed by atoms with E-state index in [4.69, 9.17) is 9.66 Å². The molecule has 0 amide bonds. The molecule has 90 valence electrons. The number of hydrogen-bond donors (Lipinski definition) is 2. The zero-order valence-electron chi connectivity index (χ0n) is 9.04. The van der Waals surface area contributed by atoms with Gasteiger partial charge in [-0.05, 0) is 31.2 Å². The van der Waals surface area contributed by atoms with E-state index in [1.54, 1.807) is 25.1 Å². The maximum absolute atomic E-state index is 11.0. The van der Waals surface area contributed by atoms with Gasteiger partial charge in [0.05, 0.1) is 4.90 Å². The van der Waals surface area contributed by atoms with Crippen LogP contribution in [0.25, 0.3) is 0 Å². The molecular weight excluding hydrogens is 242 g/mol. The highest BCUT2D eigenvalue weighted by Gasteiger charge is 2.07. The lowest BCUT2D eigenvalue weighted by atomic mass is 10.3. The summed E-state index contributed by atoms with van der Waals surface area (Å²) in [5, 5.41) is 11.7. The van der Waals surface area contributed by atoms with Crippen molar-refractivity contribution in [3.63, 3.8) is 0 Å². The highest BCUT2D eigenvalue weighted by Crippen LogP contribution is 2.17. The normalized spacial score (nSPS) is 11.4. The average Bonchev–Trinajstić information content (AvgIpc) is 2.63. The van der Waals surface area contributed by atoms with Gasteiger partial charge in [0.25, 0.3) is 0 Å². The van der Waals surface area contributed by atoms with Gasteiger partial charge >= 0.3 is 0 Å². The fraction of sp³-hybridized carbons (Fsp3) is 0.100. The van der Waals surface area contributed by atoms with E-state index in [1.807, 2.05) is 0 Å². The Labute approximate surface area is 98.5 Å². The number of nitrogens with zero attached hydrogens (tertiary/aromatic N) is 1. The van der Waals surface area contributed by atoms with E-state index < -0.39 is 10.0 Å². The minimum absolute atomic E-state index is 0.0689. The van der Waals surface area contributed by atoms with Crippen LogP contribution in [0, 0.1) is 6.92 Å². The van der Waals surface area contributed by atoms with Gasteiger partial charge in [-0.15, -0.1) is 0 Å². The summed E-state index contributed by atoms with van der Waals surface area (Å²) in [5.41, 5.74) is 0.700. The Morgan fingerprint density at radius 1 is 1.29 bits per heavy atom. The van der Waals surface area contributed by atoms with Crippen LogP contribution < -0.4 is 10.5 Å². The molecule has 1 aromatic heterocycles. The van der Waals surface area contributed by atoms with Gasteiger partial charge in [-0.2, -0.15) is 0 Å². The van der Waals surface area contributed by atoms with Crippen LogP contribution in [-0.4, -0.2) is 13.6 Å². The molecule has 0 aliphatic heterocycles. The molecule has 2 rings (SSSR count). The van der Waals surface area contributed by atoms with Crippen LogP contribution in [0.3, 0.4) is 0 Å². The second-order valence-electron chi connectivity index (χ2n) is 3.52. The third-order valence-corrected chi connectivity index (χ3v) is 3.01. The summed E-state index contributed by atoms with van der Waals surface area (Å²) in [7, 11) is -3.65. The van der Waals surface area contributed by atoms with E-state index in [0.717, 1.165) is 0 Å². The first kappa shape index (κ1) is 11.6. The number of benzene rings is 1. The molecule has 7 heteroatoms. The number of rotatable bonds is 3. The van der Waals surface area contributed by atoms with E-state index in [2.05, 4.69) is 10.5 Å². The van der Waals surface area contributed by atoms with Crippen molar-refractivity contribution < 1.29 is 12.9 Å². The second kappa shape index (κ2) is 4.19. The molecule has 1 heterocycles. The van der Waals surface area contributed by atoms with Crippen LogP contribution in [0.1, 0.15) is 5.76 Å². The number of aromatic nitrogens is 1. The van der Waals surface area contributed by atoms with Crippen molar-refractivity contribution >= 4 is 21.5 Å². The molecule has 0 atom stereocenters. The number of hydrogen-bond acceptors (Lipinski definition) is 5. The Morgan fingerprint density at radius 3 is 2.41 bits per heavy atom. The summed E-state index contributed by atoms with van der Waals surface area (Å²) in [6, 6.07) is 7.77. The van der Waals surface area contributed by atoms with E-state index in [0.29, 0.717) is 17.3 Å². The van der Waals surface area contributed by atoms with Crippen LogP contribution >= 0.6 is 0 Å². The molecule has 0 aliphatic carbocycles. The number of primary sulfonamides is 1. The van der Waals surface area contributed by atoms with Crippen molar-refractivity contribution in [2.45, 2.75) is 11.8 Å². The maximum atomic E-state index is 11.0. The first-order valence-electron chi connectivity index (χ1n) is 4.78. The largest absolute Gasteiger partial charge is 0.360 e. The van der Waals surface area contributed by atoms with Crippen molar-refractivity contribution in [1.29, 1.82) is 0 Å². The zero-order valence-corrected chi connectivity index (χ0v) is 9.86. The Balaban J connectivity index is 2.19. The van der Waals surface area contributed by atoms with E-state index >= 15 is 0 Å². The van der Waals surface area contributed by atoms with Gasteiger partial charge in [-0.3, -0.25) is 0 Å². The highest BCUT2D eigenvalue weighted by atomic mass is 32.2. The van der Waals surface area contributed by atoms with E-state index in [-0.39, 0.29) is 4.90 Å². The van der Waals surface area contributed by atoms with Crippen molar-refractivity contribution in [2.75, 3.05) is 5.32 Å². The topological polar surface area (TPSA) is 98.2 Å². The highest BCUT2D eigenvalue weighted by molar-refractivity contribution is 7.89. The summed E-state index contributed by atoms with van der Waals surface area (Å²) in [6.45, 7) is 1.78. The minimum Gasteiger partial charge on any atom is -0.360 e. The molecule has 0 spiro atoms. The van der Waals surface area contributed by atoms with E-state index in [1.165, 1.54) is 12.1 Å². The number of sulfonamides is 1. The van der Waals surface area contributed by atoms with Gasteiger partial charge in [0.1, 0.15) is 5.76 Å². The molecule has 2 aromatic rings. The van der Waals surface area contributed by atoms with Crippen LogP contribution in [0.5, 0.6) is 0 Å². The lowest BCUT2D eigenvalue weighted by molar-refractivity contribution is 0.400. The number of nitrogens with one attached hydrogen (secondary N) is 1. The third-order valence-electron chi connectivity index (χ3n) is 2.08. The predicted molar refractivity (Wildman–Crippen MR) is 62.3 cm³/mol. The Bertz CT molecular complexity index is 617. The molecular formula is C10H11N3O3S. The molecule has 0 saturated heterocycles. The maximum Gasteiger partial charge on any atom is 0.238 e. The minimum atomic E-state index is -3.65. The number of aryl methyl sites for hydroxylation is 1. The average molecular weight is 253 g/mol. The molecule has 17 heavy (non-hydrogen) atoms. The first-order valence-corrected chi connectivity index (χ1v) is 6.33. The molecule has 1 aromatic carbocycles. The summed E-state index contributed by atoms with van der Waals surface area (Å²) < 4.78 is 27.0. The van der Waals surface area contributed by atoms with Gasteiger partial charge in [0, 0.05) is 11.8 Å². The van der Waals surface area contributed by atoms with Crippen molar-refractivity contribution in [3.05, 3.63) is 36.1 Å². The fourth-order valence-electron chi connectivity index (χ4n) is 1.30. The molecule has 0 fully saturated rings. The van der Waals surface area contributed by atoms with E-state index in [9.17, 15) is 8.42 Å². The second-order valence-corrected chi connectivity index (χ2v) is 5.08. The Hall–Kier alpha value is -1.86. The fourth-order valence-corrected chi connectivity index (χ4v) is 1.82. The lowest BCUT2D eigenvalue weighted by Crippen LogP contribution is -2.11. The summed E-state index contributed by atoms with van der Waals surface area (Å²) >= 11 is 0.